The van der Waals surface area contributed by atoms with Crippen molar-refractivity contribution < 1.29 is 28.4 Å². The highest BCUT2D eigenvalue weighted by atomic mass is 16.7. The number of ether oxygens (including phenoxy) is 2. The minimum atomic E-state index is -0.627. The number of amides is 1. The van der Waals surface area contributed by atoms with Crippen LogP contribution in [0, 0.1) is 23.2 Å². The van der Waals surface area contributed by atoms with E-state index in [2.05, 4.69) is 26.1 Å². The predicted molar refractivity (Wildman–Crippen MR) is 139 cm³/mol. The van der Waals surface area contributed by atoms with Gasteiger partial charge in [-0.15, -0.1) is 0 Å². The molecule has 1 aliphatic heterocycles. The first-order valence-electron chi connectivity index (χ1n) is 13.2. The van der Waals surface area contributed by atoms with Gasteiger partial charge in [0.15, 0.2) is 0 Å². The van der Waals surface area contributed by atoms with Crippen LogP contribution in [0.2, 0.25) is 0 Å². The molecule has 0 spiro atoms. The fraction of sp³-hybridized carbons (Fsp3) is 0.714. The Balaban J connectivity index is 1.62. The van der Waals surface area contributed by atoms with Crippen LogP contribution in [0.25, 0.3) is 0 Å². The molecule has 8 heteroatoms. The molecule has 4 aliphatic rings. The number of hydrogen-bond donors (Lipinski definition) is 1. The lowest BCUT2D eigenvalue weighted by Gasteiger charge is -2.64. The lowest BCUT2D eigenvalue weighted by Crippen LogP contribution is -2.65. The summed E-state index contributed by atoms with van der Waals surface area (Å²) in [5.74, 6) is 0.360. The van der Waals surface area contributed by atoms with Crippen LogP contribution in [-0.2, 0) is 25.3 Å². The van der Waals surface area contributed by atoms with Crippen LogP contribution in [0.3, 0.4) is 0 Å². The van der Waals surface area contributed by atoms with E-state index in [0.717, 1.165) is 18.4 Å². The van der Waals surface area contributed by atoms with Crippen LogP contribution in [-0.4, -0.2) is 49.4 Å². The summed E-state index contributed by atoms with van der Waals surface area (Å²) < 4.78 is 24.5. The van der Waals surface area contributed by atoms with Gasteiger partial charge in [0.2, 0.25) is 5.91 Å². The second-order valence-electron chi connectivity index (χ2n) is 12.8. The van der Waals surface area contributed by atoms with E-state index in [1.54, 1.807) is 13.2 Å². The van der Waals surface area contributed by atoms with Gasteiger partial charge in [-0.05, 0) is 75.8 Å². The summed E-state index contributed by atoms with van der Waals surface area (Å²) in [6, 6.07) is 5.42. The first-order chi connectivity index (χ1) is 16.7. The molecule has 0 aromatic heterocycles. The van der Waals surface area contributed by atoms with E-state index in [0.29, 0.717) is 29.6 Å². The highest BCUT2D eigenvalue weighted by molar-refractivity contribution is 6.48. The molecule has 3 aliphatic carbocycles. The van der Waals surface area contributed by atoms with Gasteiger partial charge in [0.1, 0.15) is 16.9 Å². The van der Waals surface area contributed by atoms with Gasteiger partial charge in [0.25, 0.3) is 0 Å². The molecule has 1 aromatic carbocycles. The Hall–Kier alpha value is -2.06. The molecule has 198 valence electrons. The summed E-state index contributed by atoms with van der Waals surface area (Å²) in [7, 11) is 0.953. The zero-order chi connectivity index (χ0) is 26.6. The second kappa shape index (κ2) is 9.36. The van der Waals surface area contributed by atoms with Crippen LogP contribution in [0.5, 0.6) is 5.75 Å². The van der Waals surface area contributed by atoms with Crippen molar-refractivity contribution >= 4 is 19.0 Å². The molecule has 0 radical (unpaired) electrons. The topological polar surface area (TPSA) is 83.1 Å². The lowest BCUT2D eigenvalue weighted by molar-refractivity contribution is -0.199. The van der Waals surface area contributed by atoms with Crippen molar-refractivity contribution in [3.63, 3.8) is 0 Å². The SMILES string of the molecule is COc1c(CC(NC(=O)C(C)C)B2OC3CC4CC(C4(C)C)C3(C)O2)cccc1C(=O)OC(C)(C)C. The van der Waals surface area contributed by atoms with E-state index < -0.39 is 24.6 Å². The van der Waals surface area contributed by atoms with E-state index in [4.69, 9.17) is 18.8 Å². The summed E-state index contributed by atoms with van der Waals surface area (Å²) >= 11 is 0. The Morgan fingerprint density at radius 3 is 2.47 bits per heavy atom. The fourth-order valence-corrected chi connectivity index (χ4v) is 6.35. The number of hydrogen-bond acceptors (Lipinski definition) is 6. The first-order valence-corrected chi connectivity index (χ1v) is 13.2. The molecule has 4 fully saturated rings. The lowest BCUT2D eigenvalue weighted by atomic mass is 9.43. The highest BCUT2D eigenvalue weighted by Crippen LogP contribution is 2.65. The minimum absolute atomic E-state index is 0.00715. The molecule has 5 unspecified atom stereocenters. The average molecular weight is 499 g/mol. The summed E-state index contributed by atoms with van der Waals surface area (Å²) in [4.78, 5) is 25.7. The third-order valence-corrected chi connectivity index (χ3v) is 8.51. The normalized spacial score (nSPS) is 29.3. The predicted octanol–water partition coefficient (Wildman–Crippen LogP) is 4.60. The van der Waals surface area contributed by atoms with Gasteiger partial charge in [0.05, 0.1) is 24.8 Å². The molecule has 36 heavy (non-hydrogen) atoms. The number of benzene rings is 1. The molecule has 2 bridgehead atoms. The van der Waals surface area contributed by atoms with E-state index in [-0.39, 0.29) is 28.9 Å². The molecular formula is C28H42BNO6. The first kappa shape index (κ1) is 27.0. The Morgan fingerprint density at radius 2 is 1.89 bits per heavy atom. The quantitative estimate of drug-likeness (QED) is 0.436. The number of carbonyl (C=O) groups is 2. The van der Waals surface area contributed by atoms with Crippen LogP contribution in [0.4, 0.5) is 0 Å². The molecule has 1 heterocycles. The minimum Gasteiger partial charge on any atom is -0.496 e. The second-order valence-corrected chi connectivity index (χ2v) is 12.8. The molecule has 1 saturated heterocycles. The van der Waals surface area contributed by atoms with Crippen molar-refractivity contribution in [2.75, 3.05) is 7.11 Å². The molecule has 3 saturated carbocycles. The average Bonchev–Trinajstić information content (AvgIpc) is 3.14. The molecule has 7 nitrogen and oxygen atoms in total. The largest absolute Gasteiger partial charge is 0.496 e. The van der Waals surface area contributed by atoms with Crippen LogP contribution in [0.1, 0.15) is 84.2 Å². The van der Waals surface area contributed by atoms with Crippen molar-refractivity contribution in [2.24, 2.45) is 23.2 Å². The van der Waals surface area contributed by atoms with Crippen LogP contribution in [0.15, 0.2) is 18.2 Å². The highest BCUT2D eigenvalue weighted by Gasteiger charge is 2.68. The van der Waals surface area contributed by atoms with Gasteiger partial charge in [0, 0.05) is 5.92 Å². The van der Waals surface area contributed by atoms with E-state index in [1.807, 2.05) is 46.8 Å². The Bertz CT molecular complexity index is 1020. The zero-order valence-electron chi connectivity index (χ0n) is 23.3. The Labute approximate surface area is 216 Å². The third-order valence-electron chi connectivity index (χ3n) is 8.51. The molecule has 1 amide bonds. The van der Waals surface area contributed by atoms with E-state index >= 15 is 0 Å². The molecular weight excluding hydrogens is 457 g/mol. The van der Waals surface area contributed by atoms with Crippen molar-refractivity contribution in [3.05, 3.63) is 29.3 Å². The molecule has 1 N–H and O–H groups in total. The number of rotatable bonds is 7. The van der Waals surface area contributed by atoms with Gasteiger partial charge in [-0.1, -0.05) is 39.8 Å². The zero-order valence-corrected chi connectivity index (χ0v) is 23.3. The summed E-state index contributed by atoms with van der Waals surface area (Å²) in [5.41, 5.74) is 0.358. The van der Waals surface area contributed by atoms with Gasteiger partial charge in [-0.25, -0.2) is 4.79 Å². The molecule has 5 atom stereocenters. The van der Waals surface area contributed by atoms with Gasteiger partial charge in [-0.3, -0.25) is 4.79 Å². The number of esters is 1. The number of methoxy groups -OCH3 is 1. The van der Waals surface area contributed by atoms with E-state index in [1.165, 1.54) is 0 Å². The maximum atomic E-state index is 12.9. The maximum Gasteiger partial charge on any atom is 0.482 e. The number of carbonyl (C=O) groups excluding carboxylic acids is 2. The van der Waals surface area contributed by atoms with Crippen molar-refractivity contribution in [3.8, 4) is 5.75 Å². The van der Waals surface area contributed by atoms with Gasteiger partial charge in [-0.2, -0.15) is 0 Å². The summed E-state index contributed by atoms with van der Waals surface area (Å²) in [6.45, 7) is 16.1. The molecule has 5 rings (SSSR count). The third kappa shape index (κ3) is 4.79. The summed E-state index contributed by atoms with van der Waals surface area (Å²) in [5, 5.41) is 3.16. The van der Waals surface area contributed by atoms with Crippen LogP contribution >= 0.6 is 0 Å². The Kier molecular flexibility index (Phi) is 7.01. The van der Waals surface area contributed by atoms with Crippen molar-refractivity contribution in [1.82, 2.24) is 5.32 Å². The number of para-hydroxylation sites is 1. The standard InChI is InChI=1S/C28H42BNO6/c1-16(2)24(31)30-22(29-35-21-15-18-14-20(27(18,6)7)28(21,8)36-29)13-17-11-10-12-19(23(17)33-9)25(32)34-26(3,4)5/h10-12,16,18,20-22H,13-15H2,1-9H3,(H,30,31). The smallest absolute Gasteiger partial charge is 0.482 e. The van der Waals surface area contributed by atoms with Crippen molar-refractivity contribution in [2.45, 2.75) is 97.9 Å². The maximum absolute atomic E-state index is 12.9. The van der Waals surface area contributed by atoms with Gasteiger partial charge >= 0.3 is 13.1 Å². The number of nitrogens with one attached hydrogen (secondary N) is 1. The van der Waals surface area contributed by atoms with Gasteiger partial charge < -0.3 is 24.1 Å². The van der Waals surface area contributed by atoms with Crippen LogP contribution < -0.4 is 10.1 Å². The molecule has 1 aromatic rings. The van der Waals surface area contributed by atoms with E-state index in [9.17, 15) is 9.59 Å². The Morgan fingerprint density at radius 1 is 1.19 bits per heavy atom. The monoisotopic (exact) mass is 499 g/mol. The summed E-state index contributed by atoms with van der Waals surface area (Å²) in [6.07, 6.45) is 2.53. The fourth-order valence-electron chi connectivity index (χ4n) is 6.35. The van der Waals surface area contributed by atoms with Crippen molar-refractivity contribution in [1.29, 1.82) is 0 Å².